The van der Waals surface area contributed by atoms with E-state index in [0.29, 0.717) is 12.4 Å². The first-order chi connectivity index (χ1) is 8.24. The van der Waals surface area contributed by atoms with Crippen molar-refractivity contribution < 1.29 is 19.0 Å². The van der Waals surface area contributed by atoms with Gasteiger partial charge in [-0.25, -0.2) is 4.39 Å². The van der Waals surface area contributed by atoms with Crippen LogP contribution in [0, 0.1) is 5.82 Å². The van der Waals surface area contributed by atoms with E-state index in [9.17, 15) is 4.39 Å². The Labute approximate surface area is 103 Å². The van der Waals surface area contributed by atoms with Crippen LogP contribution in [-0.2, 0) is 4.74 Å². The number of aliphatic hydroxyl groups excluding tert-OH is 1. The van der Waals surface area contributed by atoms with Crippen LogP contribution in [0.1, 0.15) is 20.3 Å². The minimum absolute atomic E-state index is 0.230. The Morgan fingerprint density at radius 3 is 2.18 bits per heavy atom. The number of ether oxygens (including phenoxy) is 2. The zero-order valence-corrected chi connectivity index (χ0v) is 11.1. The van der Waals surface area contributed by atoms with Crippen molar-refractivity contribution in [3.05, 3.63) is 30.1 Å². The van der Waals surface area contributed by atoms with Gasteiger partial charge in [0.1, 0.15) is 11.6 Å². The third kappa shape index (κ3) is 12.8. The summed E-state index contributed by atoms with van der Waals surface area (Å²) in [5.74, 6) is 0.282. The number of halogens is 1. The van der Waals surface area contributed by atoms with Gasteiger partial charge in [0.25, 0.3) is 0 Å². The topological polar surface area (TPSA) is 38.7 Å². The number of aliphatic hydroxyl groups is 1. The van der Waals surface area contributed by atoms with E-state index in [1.54, 1.807) is 19.2 Å². The molecular formula is C13H23FO3. The smallest absolute Gasteiger partial charge is 0.126 e. The predicted octanol–water partition coefficient (Wildman–Crippen LogP) is 2.88. The zero-order valence-electron chi connectivity index (χ0n) is 11.1. The van der Waals surface area contributed by atoms with Gasteiger partial charge in [0.15, 0.2) is 0 Å². The summed E-state index contributed by atoms with van der Waals surface area (Å²) in [5.41, 5.74) is 0. The first-order valence-corrected chi connectivity index (χ1v) is 5.64. The second-order valence-corrected chi connectivity index (χ2v) is 2.73. The van der Waals surface area contributed by atoms with Crippen LogP contribution in [0.3, 0.4) is 0 Å². The average Bonchev–Trinajstić information content (AvgIpc) is 2.39. The molecule has 0 aliphatic rings. The van der Waals surface area contributed by atoms with Gasteiger partial charge < -0.3 is 14.6 Å². The third-order valence-corrected chi connectivity index (χ3v) is 1.54. The Balaban J connectivity index is 0. The highest BCUT2D eigenvalue weighted by Gasteiger charge is 1.90. The molecule has 0 atom stereocenters. The molecule has 17 heavy (non-hydrogen) atoms. The van der Waals surface area contributed by atoms with Gasteiger partial charge in [0.2, 0.25) is 0 Å². The van der Waals surface area contributed by atoms with Crippen molar-refractivity contribution in [2.75, 3.05) is 27.4 Å². The lowest BCUT2D eigenvalue weighted by Crippen LogP contribution is -1.90. The maximum Gasteiger partial charge on any atom is 0.126 e. The molecule has 1 rings (SSSR count). The summed E-state index contributed by atoms with van der Waals surface area (Å²) < 4.78 is 21.7. The predicted molar refractivity (Wildman–Crippen MR) is 67.9 cm³/mol. The Morgan fingerprint density at radius 1 is 1.24 bits per heavy atom. The SMILES string of the molecule is CC.COCCCO.COc1cccc(F)c1. The molecular weight excluding hydrogens is 223 g/mol. The summed E-state index contributed by atoms with van der Waals surface area (Å²) in [4.78, 5) is 0. The minimum Gasteiger partial charge on any atom is -0.497 e. The summed E-state index contributed by atoms with van der Waals surface area (Å²) >= 11 is 0. The van der Waals surface area contributed by atoms with Gasteiger partial charge in [-0.05, 0) is 18.6 Å². The van der Waals surface area contributed by atoms with E-state index in [1.807, 2.05) is 13.8 Å². The molecule has 0 radical (unpaired) electrons. The number of methoxy groups -OCH3 is 2. The van der Waals surface area contributed by atoms with Gasteiger partial charge in [0.05, 0.1) is 7.11 Å². The largest absolute Gasteiger partial charge is 0.497 e. The van der Waals surface area contributed by atoms with Gasteiger partial charge in [-0.3, -0.25) is 0 Å². The molecule has 4 heteroatoms. The molecule has 1 N–H and O–H groups in total. The Hall–Kier alpha value is -1.13. The zero-order chi connectivity index (χ0) is 13.5. The number of hydrogen-bond acceptors (Lipinski definition) is 3. The highest BCUT2D eigenvalue weighted by molar-refractivity contribution is 5.21. The molecule has 0 aliphatic heterocycles. The van der Waals surface area contributed by atoms with Crippen molar-refractivity contribution >= 4 is 0 Å². The lowest BCUT2D eigenvalue weighted by molar-refractivity contribution is 0.166. The minimum atomic E-state index is -0.269. The molecule has 0 bridgehead atoms. The van der Waals surface area contributed by atoms with E-state index in [4.69, 9.17) is 9.84 Å². The fourth-order valence-electron chi connectivity index (χ4n) is 0.803. The van der Waals surface area contributed by atoms with E-state index < -0.39 is 0 Å². The van der Waals surface area contributed by atoms with E-state index in [0.717, 1.165) is 6.42 Å². The van der Waals surface area contributed by atoms with E-state index in [2.05, 4.69) is 4.74 Å². The van der Waals surface area contributed by atoms with Crippen LogP contribution >= 0.6 is 0 Å². The highest BCUT2D eigenvalue weighted by atomic mass is 19.1. The van der Waals surface area contributed by atoms with Crippen molar-refractivity contribution in [2.24, 2.45) is 0 Å². The highest BCUT2D eigenvalue weighted by Crippen LogP contribution is 2.09. The van der Waals surface area contributed by atoms with E-state index >= 15 is 0 Å². The van der Waals surface area contributed by atoms with Crippen molar-refractivity contribution in [1.82, 2.24) is 0 Å². The van der Waals surface area contributed by atoms with Crippen LogP contribution < -0.4 is 4.74 Å². The van der Waals surface area contributed by atoms with Crippen LogP contribution in [0.15, 0.2) is 24.3 Å². The summed E-state index contributed by atoms with van der Waals surface area (Å²) in [7, 11) is 3.13. The van der Waals surface area contributed by atoms with E-state index in [1.165, 1.54) is 19.2 Å². The molecule has 1 aromatic rings. The Kier molecular flexibility index (Phi) is 16.0. The monoisotopic (exact) mass is 246 g/mol. The third-order valence-electron chi connectivity index (χ3n) is 1.54. The second kappa shape index (κ2) is 14.9. The Bertz CT molecular complexity index is 250. The fraction of sp³-hybridized carbons (Fsp3) is 0.538. The number of benzene rings is 1. The standard InChI is InChI=1S/C7H7FO.C4H10O2.C2H6/c1-9-7-4-2-3-6(8)5-7;1-6-4-2-3-5;1-2/h2-5H,1H3;5H,2-4H2,1H3;1-2H3. The van der Waals surface area contributed by atoms with Crippen LogP contribution in [0.4, 0.5) is 4.39 Å². The lowest BCUT2D eigenvalue weighted by Gasteiger charge is -1.95. The molecule has 0 spiro atoms. The van der Waals surface area contributed by atoms with Gasteiger partial charge in [0, 0.05) is 26.4 Å². The molecule has 0 unspecified atom stereocenters. The van der Waals surface area contributed by atoms with Crippen LogP contribution in [0.25, 0.3) is 0 Å². The van der Waals surface area contributed by atoms with Gasteiger partial charge in [-0.2, -0.15) is 0 Å². The maximum absolute atomic E-state index is 12.3. The average molecular weight is 246 g/mol. The molecule has 0 heterocycles. The molecule has 0 aromatic heterocycles. The summed E-state index contributed by atoms with van der Waals surface area (Å²) in [6.45, 7) is 4.89. The quantitative estimate of drug-likeness (QED) is 0.830. The van der Waals surface area contributed by atoms with Crippen LogP contribution in [-0.4, -0.2) is 32.5 Å². The number of rotatable bonds is 4. The molecule has 100 valence electrons. The van der Waals surface area contributed by atoms with Gasteiger partial charge in [-0.1, -0.05) is 19.9 Å². The molecule has 1 aromatic carbocycles. The van der Waals surface area contributed by atoms with Crippen molar-refractivity contribution in [1.29, 1.82) is 0 Å². The molecule has 0 saturated heterocycles. The molecule has 0 fully saturated rings. The van der Waals surface area contributed by atoms with Crippen molar-refractivity contribution in [3.63, 3.8) is 0 Å². The Morgan fingerprint density at radius 2 is 1.88 bits per heavy atom. The number of hydrogen-bond donors (Lipinski definition) is 1. The summed E-state index contributed by atoms with van der Waals surface area (Å²) in [5, 5.41) is 8.12. The fourth-order valence-corrected chi connectivity index (χ4v) is 0.803. The molecule has 0 saturated carbocycles. The van der Waals surface area contributed by atoms with E-state index in [-0.39, 0.29) is 12.4 Å². The van der Waals surface area contributed by atoms with Gasteiger partial charge in [-0.15, -0.1) is 0 Å². The maximum atomic E-state index is 12.3. The van der Waals surface area contributed by atoms with Crippen LogP contribution in [0.5, 0.6) is 5.75 Å². The molecule has 0 aliphatic carbocycles. The van der Waals surface area contributed by atoms with Gasteiger partial charge >= 0.3 is 0 Å². The molecule has 0 amide bonds. The molecule has 3 nitrogen and oxygen atoms in total. The van der Waals surface area contributed by atoms with Crippen molar-refractivity contribution in [2.45, 2.75) is 20.3 Å². The van der Waals surface area contributed by atoms with Crippen LogP contribution in [0.2, 0.25) is 0 Å². The first-order valence-electron chi connectivity index (χ1n) is 5.64. The summed E-state index contributed by atoms with van der Waals surface area (Å²) in [6, 6.07) is 6.01. The normalized spacial score (nSPS) is 8.35. The first kappa shape index (κ1) is 18.2. The van der Waals surface area contributed by atoms with Crippen molar-refractivity contribution in [3.8, 4) is 5.75 Å². The summed E-state index contributed by atoms with van der Waals surface area (Å²) in [6.07, 6.45) is 0.747. The second-order valence-electron chi connectivity index (χ2n) is 2.73. The lowest BCUT2D eigenvalue weighted by atomic mass is 10.3.